The molecule has 0 amide bonds. The molecule has 0 fully saturated rings. The summed E-state index contributed by atoms with van der Waals surface area (Å²) in [7, 11) is 1.58. The fraction of sp³-hybridized carbons (Fsp3) is 0.208. The molecule has 2 aromatic carbocycles. The zero-order valence-electron chi connectivity index (χ0n) is 17.9. The lowest BCUT2D eigenvalue weighted by Gasteiger charge is -2.11. The third kappa shape index (κ3) is 3.44. The fourth-order valence-electron chi connectivity index (χ4n) is 3.89. The van der Waals surface area contributed by atoms with Crippen molar-refractivity contribution in [2.24, 2.45) is 0 Å². The van der Waals surface area contributed by atoms with Gasteiger partial charge in [0.25, 0.3) is 0 Å². The summed E-state index contributed by atoms with van der Waals surface area (Å²) in [4.78, 5) is 28.2. The van der Waals surface area contributed by atoms with E-state index in [4.69, 9.17) is 19.2 Å². The molecule has 0 aliphatic rings. The molecule has 0 spiro atoms. The maximum absolute atomic E-state index is 12.1. The Morgan fingerprint density at radius 2 is 1.78 bits per heavy atom. The molecule has 8 nitrogen and oxygen atoms in total. The standard InChI is InChI=1S/C24H22N4O4/c1-13(2)31-24(29)32-23-15(12-30-3)19-18(11-25-23)26-16-9-10-17-21(20(16)19)28-22(27-17)14-7-5-4-6-8-14/h4-11,13,26H,12H2,1-3H3,(H,27,28). The molecule has 3 aromatic heterocycles. The number of nitrogens with one attached hydrogen (secondary N) is 2. The topological polar surface area (TPSA) is 102 Å². The Bertz CT molecular complexity index is 1440. The number of imidazole rings is 1. The summed E-state index contributed by atoms with van der Waals surface area (Å²) in [5.74, 6) is 0.934. The van der Waals surface area contributed by atoms with Gasteiger partial charge in [-0.25, -0.2) is 14.8 Å². The van der Waals surface area contributed by atoms with E-state index in [0.717, 1.165) is 44.2 Å². The third-order valence-corrected chi connectivity index (χ3v) is 5.16. The number of pyridine rings is 1. The molecule has 0 radical (unpaired) electrons. The Morgan fingerprint density at radius 1 is 1.00 bits per heavy atom. The number of aromatic nitrogens is 4. The molecule has 162 valence electrons. The third-order valence-electron chi connectivity index (χ3n) is 5.16. The number of carbonyl (C=O) groups excluding carboxylic acids is 1. The van der Waals surface area contributed by atoms with Crippen LogP contribution >= 0.6 is 0 Å². The molecule has 5 aromatic rings. The van der Waals surface area contributed by atoms with Crippen LogP contribution in [0.1, 0.15) is 19.4 Å². The van der Waals surface area contributed by atoms with Crippen molar-refractivity contribution >= 4 is 39.0 Å². The number of carbonyl (C=O) groups is 1. The van der Waals surface area contributed by atoms with Crippen molar-refractivity contribution in [2.45, 2.75) is 26.6 Å². The molecule has 0 aliphatic heterocycles. The van der Waals surface area contributed by atoms with Gasteiger partial charge in [0.15, 0.2) is 0 Å². The summed E-state index contributed by atoms with van der Waals surface area (Å²) in [6, 6.07) is 13.9. The Hall–Kier alpha value is -3.91. The van der Waals surface area contributed by atoms with E-state index < -0.39 is 6.16 Å². The lowest BCUT2D eigenvalue weighted by Crippen LogP contribution is -2.17. The zero-order valence-corrected chi connectivity index (χ0v) is 17.9. The lowest BCUT2D eigenvalue weighted by atomic mass is 10.1. The first-order valence-electron chi connectivity index (χ1n) is 10.3. The van der Waals surface area contributed by atoms with Crippen molar-refractivity contribution in [3.8, 4) is 17.3 Å². The number of ether oxygens (including phenoxy) is 3. The van der Waals surface area contributed by atoms with E-state index in [-0.39, 0.29) is 18.6 Å². The molecule has 5 rings (SSSR count). The number of rotatable bonds is 5. The Morgan fingerprint density at radius 3 is 2.53 bits per heavy atom. The van der Waals surface area contributed by atoms with Gasteiger partial charge in [-0.05, 0) is 26.0 Å². The van der Waals surface area contributed by atoms with Crippen molar-refractivity contribution < 1.29 is 19.0 Å². The van der Waals surface area contributed by atoms with Crippen molar-refractivity contribution in [1.29, 1.82) is 0 Å². The summed E-state index contributed by atoms with van der Waals surface area (Å²) in [5.41, 5.74) is 5.06. The van der Waals surface area contributed by atoms with Gasteiger partial charge >= 0.3 is 6.16 Å². The van der Waals surface area contributed by atoms with Crippen LogP contribution in [0.3, 0.4) is 0 Å². The highest BCUT2D eigenvalue weighted by Crippen LogP contribution is 2.37. The lowest BCUT2D eigenvalue weighted by molar-refractivity contribution is 0.0705. The predicted octanol–water partition coefficient (Wildman–Crippen LogP) is 5.33. The smallest absolute Gasteiger partial charge is 0.431 e. The molecule has 0 saturated heterocycles. The van der Waals surface area contributed by atoms with Gasteiger partial charge in [0.05, 0.1) is 41.0 Å². The molecule has 32 heavy (non-hydrogen) atoms. The van der Waals surface area contributed by atoms with Crippen LogP contribution in [0.4, 0.5) is 4.79 Å². The Kier molecular flexibility index (Phi) is 4.99. The van der Waals surface area contributed by atoms with Crippen LogP contribution < -0.4 is 4.74 Å². The molecule has 0 bridgehead atoms. The quantitative estimate of drug-likeness (QED) is 0.366. The highest BCUT2D eigenvalue weighted by atomic mass is 16.7. The van der Waals surface area contributed by atoms with E-state index in [0.29, 0.717) is 5.56 Å². The van der Waals surface area contributed by atoms with Gasteiger partial charge in [-0.2, -0.15) is 0 Å². The van der Waals surface area contributed by atoms with E-state index in [1.54, 1.807) is 27.2 Å². The SMILES string of the molecule is COCc1c(OC(=O)OC(C)C)ncc2[nH]c3ccc4[nH]c(-c5ccccc5)nc4c3c12. The van der Waals surface area contributed by atoms with Gasteiger partial charge in [0.2, 0.25) is 5.88 Å². The van der Waals surface area contributed by atoms with Gasteiger partial charge in [-0.1, -0.05) is 30.3 Å². The van der Waals surface area contributed by atoms with Gasteiger partial charge < -0.3 is 24.2 Å². The molecular formula is C24H22N4O4. The monoisotopic (exact) mass is 430 g/mol. The number of methoxy groups -OCH3 is 1. The summed E-state index contributed by atoms with van der Waals surface area (Å²) in [5, 5.41) is 1.76. The average molecular weight is 430 g/mol. The van der Waals surface area contributed by atoms with Crippen LogP contribution in [0, 0.1) is 0 Å². The number of benzene rings is 2. The summed E-state index contributed by atoms with van der Waals surface area (Å²) in [6.45, 7) is 3.71. The van der Waals surface area contributed by atoms with E-state index >= 15 is 0 Å². The largest absolute Gasteiger partial charge is 0.515 e. The fourth-order valence-corrected chi connectivity index (χ4v) is 3.89. The number of H-pyrrole nitrogens is 2. The minimum atomic E-state index is -0.805. The van der Waals surface area contributed by atoms with Crippen LogP contribution in [0.15, 0.2) is 48.7 Å². The van der Waals surface area contributed by atoms with Gasteiger partial charge in [-0.3, -0.25) is 0 Å². The second-order valence-electron chi connectivity index (χ2n) is 7.74. The van der Waals surface area contributed by atoms with Crippen LogP contribution in [0.25, 0.3) is 44.2 Å². The Labute approximate surface area is 183 Å². The maximum Gasteiger partial charge on any atom is 0.515 e. The first kappa shape index (κ1) is 20.0. The van der Waals surface area contributed by atoms with Crippen molar-refractivity contribution in [3.05, 3.63) is 54.2 Å². The highest BCUT2D eigenvalue weighted by Gasteiger charge is 2.21. The first-order chi connectivity index (χ1) is 15.5. The minimum Gasteiger partial charge on any atom is -0.431 e. The van der Waals surface area contributed by atoms with E-state index in [1.165, 1.54) is 0 Å². The highest BCUT2D eigenvalue weighted by molar-refractivity contribution is 6.20. The van der Waals surface area contributed by atoms with Crippen LogP contribution in [-0.4, -0.2) is 39.3 Å². The molecular weight excluding hydrogens is 408 g/mol. The van der Waals surface area contributed by atoms with Crippen molar-refractivity contribution in [3.63, 3.8) is 0 Å². The Balaban J connectivity index is 1.74. The zero-order chi connectivity index (χ0) is 22.2. The molecule has 0 atom stereocenters. The van der Waals surface area contributed by atoms with Gasteiger partial charge in [-0.15, -0.1) is 0 Å². The van der Waals surface area contributed by atoms with Crippen molar-refractivity contribution in [2.75, 3.05) is 7.11 Å². The second-order valence-corrected chi connectivity index (χ2v) is 7.74. The average Bonchev–Trinajstić information content (AvgIpc) is 3.36. The maximum atomic E-state index is 12.1. The summed E-state index contributed by atoms with van der Waals surface area (Å²) in [6.07, 6.45) is 0.536. The molecule has 8 heteroatoms. The van der Waals surface area contributed by atoms with E-state index in [1.807, 2.05) is 42.5 Å². The normalized spacial score (nSPS) is 11.6. The van der Waals surface area contributed by atoms with Crippen LogP contribution in [0.2, 0.25) is 0 Å². The summed E-state index contributed by atoms with van der Waals surface area (Å²) >= 11 is 0. The molecule has 0 saturated carbocycles. The first-order valence-corrected chi connectivity index (χ1v) is 10.3. The number of fused-ring (bicyclic) bond motifs is 5. The van der Waals surface area contributed by atoms with E-state index in [9.17, 15) is 4.79 Å². The number of aromatic amines is 2. The molecule has 0 unspecified atom stereocenters. The number of nitrogens with zero attached hydrogens (tertiary/aromatic N) is 2. The molecule has 2 N–H and O–H groups in total. The predicted molar refractivity (Wildman–Crippen MR) is 122 cm³/mol. The van der Waals surface area contributed by atoms with Gasteiger partial charge in [0.1, 0.15) is 5.82 Å². The van der Waals surface area contributed by atoms with E-state index in [2.05, 4.69) is 15.0 Å². The van der Waals surface area contributed by atoms with Crippen LogP contribution in [0.5, 0.6) is 5.88 Å². The molecule has 0 aliphatic carbocycles. The second kappa shape index (κ2) is 7.97. The minimum absolute atomic E-state index is 0.154. The van der Waals surface area contributed by atoms with Crippen LogP contribution in [-0.2, 0) is 16.1 Å². The number of hydrogen-bond donors (Lipinski definition) is 2. The molecule has 3 heterocycles. The number of hydrogen-bond acceptors (Lipinski definition) is 6. The summed E-state index contributed by atoms with van der Waals surface area (Å²) < 4.78 is 16.0. The van der Waals surface area contributed by atoms with Crippen molar-refractivity contribution in [1.82, 2.24) is 19.9 Å². The van der Waals surface area contributed by atoms with Gasteiger partial charge in [0, 0.05) is 29.0 Å².